The number of rotatable bonds is 5. The molecule has 0 aliphatic carbocycles. The third-order valence-electron chi connectivity index (χ3n) is 11.1. The van der Waals surface area contributed by atoms with E-state index in [-0.39, 0.29) is 0 Å². The summed E-state index contributed by atoms with van der Waals surface area (Å²) in [5, 5.41) is 6.54. The summed E-state index contributed by atoms with van der Waals surface area (Å²) in [4.78, 5) is 15.2. The molecule has 0 atom stereocenters. The van der Waals surface area contributed by atoms with E-state index in [9.17, 15) is 0 Å². The van der Waals surface area contributed by atoms with Crippen LogP contribution in [0.1, 0.15) is 0 Å². The van der Waals surface area contributed by atoms with E-state index in [4.69, 9.17) is 23.8 Å². The average Bonchev–Trinajstić information content (AvgIpc) is 3.96. The van der Waals surface area contributed by atoms with Crippen LogP contribution in [0.2, 0.25) is 0 Å². The van der Waals surface area contributed by atoms with Crippen LogP contribution in [0.5, 0.6) is 0 Å². The Bertz CT molecular complexity index is 3530. The van der Waals surface area contributed by atoms with E-state index in [1.807, 2.05) is 72.8 Å². The summed E-state index contributed by atoms with van der Waals surface area (Å²) in [5.41, 5.74) is 11.4. The van der Waals surface area contributed by atoms with Crippen LogP contribution in [0.4, 0.5) is 0 Å². The van der Waals surface area contributed by atoms with Crippen LogP contribution in [0.3, 0.4) is 0 Å². The molecule has 12 aromatic rings. The lowest BCUT2D eigenvalue weighted by molar-refractivity contribution is 0.668. The molecule has 0 bridgehead atoms. The van der Waals surface area contributed by atoms with Gasteiger partial charge >= 0.3 is 0 Å². The topological polar surface area (TPSA) is 69.9 Å². The van der Waals surface area contributed by atoms with Crippen molar-refractivity contribution >= 4 is 65.7 Å². The number of para-hydroxylation sites is 3. The van der Waals surface area contributed by atoms with Gasteiger partial charge in [-0.3, -0.25) is 0 Å². The second kappa shape index (κ2) is 12.3. The zero-order valence-corrected chi connectivity index (χ0v) is 30.4. The highest BCUT2D eigenvalue weighted by molar-refractivity contribution is 6.15. The van der Waals surface area contributed by atoms with E-state index in [1.165, 1.54) is 21.9 Å². The Labute approximate surface area is 325 Å². The molecule has 4 heterocycles. The zero-order chi connectivity index (χ0) is 37.5. The Kier molecular flexibility index (Phi) is 6.83. The van der Waals surface area contributed by atoms with Crippen molar-refractivity contribution in [2.45, 2.75) is 0 Å². The van der Waals surface area contributed by atoms with Gasteiger partial charge in [0.1, 0.15) is 22.3 Å². The molecule has 4 aromatic heterocycles. The maximum atomic E-state index is 6.69. The Morgan fingerprint density at radius 1 is 0.351 bits per heavy atom. The zero-order valence-electron chi connectivity index (χ0n) is 30.4. The van der Waals surface area contributed by atoms with E-state index < -0.39 is 0 Å². The summed E-state index contributed by atoms with van der Waals surface area (Å²) in [6.07, 6.45) is 0. The van der Waals surface area contributed by atoms with Crippen LogP contribution >= 0.6 is 0 Å². The van der Waals surface area contributed by atoms with Crippen LogP contribution in [0.25, 0.3) is 117 Å². The number of benzene rings is 8. The molecule has 0 saturated heterocycles. The monoisotopic (exact) mass is 730 g/mol. The minimum atomic E-state index is 0.539. The van der Waals surface area contributed by atoms with Gasteiger partial charge in [0.25, 0.3) is 0 Å². The number of hydrogen-bond acceptors (Lipinski definition) is 5. The third kappa shape index (κ3) is 4.94. The van der Waals surface area contributed by atoms with E-state index in [2.05, 4.69) is 114 Å². The second-order valence-corrected chi connectivity index (χ2v) is 14.4. The lowest BCUT2D eigenvalue weighted by Crippen LogP contribution is -2.00. The van der Waals surface area contributed by atoms with Gasteiger partial charge in [-0.05, 0) is 59.7 Å². The molecule has 0 N–H and O–H groups in total. The fourth-order valence-corrected chi connectivity index (χ4v) is 8.44. The van der Waals surface area contributed by atoms with Crippen molar-refractivity contribution in [2.75, 3.05) is 0 Å². The summed E-state index contributed by atoms with van der Waals surface area (Å²) in [6.45, 7) is 0. The minimum absolute atomic E-state index is 0.539. The molecule has 12 rings (SSSR count). The Morgan fingerprint density at radius 2 is 0.982 bits per heavy atom. The van der Waals surface area contributed by atoms with Crippen LogP contribution in [-0.4, -0.2) is 19.5 Å². The number of nitrogens with zero attached hydrogens (tertiary/aromatic N) is 4. The molecular weight excluding hydrogens is 701 g/mol. The van der Waals surface area contributed by atoms with Crippen molar-refractivity contribution in [1.29, 1.82) is 0 Å². The van der Waals surface area contributed by atoms with Crippen molar-refractivity contribution in [3.05, 3.63) is 182 Å². The van der Waals surface area contributed by atoms with E-state index in [0.29, 0.717) is 17.5 Å². The molecular formula is C51H30N4O2. The summed E-state index contributed by atoms with van der Waals surface area (Å²) >= 11 is 0. The molecule has 0 saturated carbocycles. The van der Waals surface area contributed by atoms with Gasteiger partial charge in [-0.15, -0.1) is 0 Å². The minimum Gasteiger partial charge on any atom is -0.456 e. The third-order valence-corrected chi connectivity index (χ3v) is 11.1. The average molecular weight is 731 g/mol. The molecule has 0 radical (unpaired) electrons. The highest BCUT2D eigenvalue weighted by Gasteiger charge is 2.21. The van der Waals surface area contributed by atoms with Crippen LogP contribution in [-0.2, 0) is 0 Å². The lowest BCUT2D eigenvalue weighted by atomic mass is 10.0. The maximum absolute atomic E-state index is 6.69. The normalized spacial score (nSPS) is 11.9. The summed E-state index contributed by atoms with van der Waals surface area (Å²) in [7, 11) is 0. The van der Waals surface area contributed by atoms with Crippen LogP contribution in [0, 0.1) is 0 Å². The van der Waals surface area contributed by atoms with Crippen LogP contribution < -0.4 is 0 Å². The van der Waals surface area contributed by atoms with Gasteiger partial charge < -0.3 is 13.4 Å². The van der Waals surface area contributed by atoms with Gasteiger partial charge in [0.05, 0.1) is 27.7 Å². The highest BCUT2D eigenvalue weighted by Crippen LogP contribution is 2.41. The molecule has 0 aliphatic heterocycles. The molecule has 8 aromatic carbocycles. The molecule has 266 valence electrons. The first-order valence-corrected chi connectivity index (χ1v) is 19.0. The van der Waals surface area contributed by atoms with E-state index in [0.717, 1.165) is 77.3 Å². The van der Waals surface area contributed by atoms with Gasteiger partial charge in [0.15, 0.2) is 17.5 Å². The predicted molar refractivity (Wildman–Crippen MR) is 230 cm³/mol. The molecule has 6 nitrogen and oxygen atoms in total. The van der Waals surface area contributed by atoms with Crippen LogP contribution in [0.15, 0.2) is 191 Å². The van der Waals surface area contributed by atoms with Crippen molar-refractivity contribution < 1.29 is 8.83 Å². The van der Waals surface area contributed by atoms with E-state index >= 15 is 0 Å². The van der Waals surface area contributed by atoms with Gasteiger partial charge in [-0.25, -0.2) is 15.0 Å². The van der Waals surface area contributed by atoms with Crippen molar-refractivity contribution in [3.63, 3.8) is 0 Å². The fraction of sp³-hybridized carbons (Fsp3) is 0. The van der Waals surface area contributed by atoms with Gasteiger partial charge in [-0.1, -0.05) is 133 Å². The van der Waals surface area contributed by atoms with E-state index in [1.54, 1.807) is 0 Å². The molecule has 0 unspecified atom stereocenters. The van der Waals surface area contributed by atoms with Crippen molar-refractivity contribution in [2.24, 2.45) is 0 Å². The summed E-state index contributed by atoms with van der Waals surface area (Å²) < 4.78 is 15.5. The Balaban J connectivity index is 1.05. The summed E-state index contributed by atoms with van der Waals surface area (Å²) in [5.74, 6) is 1.67. The first-order chi connectivity index (χ1) is 28.2. The number of furan rings is 2. The maximum Gasteiger partial charge on any atom is 0.167 e. The molecule has 0 amide bonds. The molecule has 6 heteroatoms. The highest BCUT2D eigenvalue weighted by atomic mass is 16.3. The van der Waals surface area contributed by atoms with Crippen molar-refractivity contribution in [3.8, 4) is 51.0 Å². The van der Waals surface area contributed by atoms with Crippen molar-refractivity contribution in [1.82, 2.24) is 19.5 Å². The SMILES string of the molecule is c1ccc(-c2ccc3c4ccccc4n(-c4cccc5oc6cc(-c7nc(-c8ccccc8)nc(-c8cccc9c8oc8ccccc89)n7)ccc6c45)c3c2)cc1. The standard InChI is InChI=1S/C51H30N4O2/c1-3-13-31(14-4-1)33-25-27-36-35-17-7-9-21-41(35)55(43(36)29-33)42-22-12-24-45-47(42)39-28-26-34(30-46(39)56-45)50-52-49(32-15-5-2-6-16-32)53-51(54-50)40-20-11-19-38-37-18-8-10-23-44(37)57-48(38)40/h1-30H. The van der Waals surface area contributed by atoms with Gasteiger partial charge in [0, 0.05) is 38.1 Å². The molecule has 0 spiro atoms. The molecule has 0 aliphatic rings. The Morgan fingerprint density at radius 3 is 1.84 bits per heavy atom. The second-order valence-electron chi connectivity index (χ2n) is 14.4. The lowest BCUT2D eigenvalue weighted by Gasteiger charge is -2.11. The number of aromatic nitrogens is 4. The molecule has 0 fully saturated rings. The predicted octanol–water partition coefficient (Wildman–Crippen LogP) is 13.4. The largest absolute Gasteiger partial charge is 0.456 e. The smallest absolute Gasteiger partial charge is 0.167 e. The first-order valence-electron chi connectivity index (χ1n) is 19.0. The molecule has 57 heavy (non-hydrogen) atoms. The summed E-state index contributed by atoms with van der Waals surface area (Å²) in [6, 6.07) is 62.8. The Hall–Kier alpha value is -7.83. The number of fused-ring (bicyclic) bond motifs is 9. The van der Waals surface area contributed by atoms with Gasteiger partial charge in [-0.2, -0.15) is 0 Å². The quantitative estimate of drug-likeness (QED) is 0.176. The number of hydrogen-bond donors (Lipinski definition) is 0. The van der Waals surface area contributed by atoms with Gasteiger partial charge in [0.2, 0.25) is 0 Å². The first kappa shape index (κ1) is 31.5. The fourth-order valence-electron chi connectivity index (χ4n) is 8.44.